The predicted molar refractivity (Wildman–Crippen MR) is 72.1 cm³/mol. The van der Waals surface area contributed by atoms with Crippen LogP contribution in [-0.4, -0.2) is 12.6 Å². The molecule has 0 saturated carbocycles. The monoisotopic (exact) mass is 285 g/mol. The van der Waals surface area contributed by atoms with Crippen LogP contribution < -0.4 is 10.5 Å². The van der Waals surface area contributed by atoms with E-state index in [0.29, 0.717) is 12.5 Å². The first-order valence-corrected chi connectivity index (χ1v) is 6.41. The minimum Gasteiger partial charge on any atom is -0.489 e. The summed E-state index contributed by atoms with van der Waals surface area (Å²) in [5, 5.41) is 0. The zero-order valence-electron chi connectivity index (χ0n) is 10.4. The van der Waals surface area contributed by atoms with Crippen LogP contribution in [0.1, 0.15) is 37.8 Å². The second-order valence-corrected chi connectivity index (χ2v) is 5.31. The zero-order chi connectivity index (χ0) is 12.3. The molecule has 1 aromatic carbocycles. The van der Waals surface area contributed by atoms with E-state index in [-0.39, 0.29) is 6.10 Å². The van der Waals surface area contributed by atoms with Crippen molar-refractivity contribution >= 4 is 15.9 Å². The van der Waals surface area contributed by atoms with Crippen LogP contribution >= 0.6 is 15.9 Å². The maximum absolute atomic E-state index is 5.85. The summed E-state index contributed by atoms with van der Waals surface area (Å²) in [5.74, 6) is 1.39. The SMILES string of the molecule is Cc1cc(OC(C)CN)c(C(C)C)cc1Br. The van der Waals surface area contributed by atoms with E-state index in [1.54, 1.807) is 0 Å². The topological polar surface area (TPSA) is 35.2 Å². The zero-order valence-corrected chi connectivity index (χ0v) is 12.0. The Bertz CT molecular complexity index is 363. The van der Waals surface area contributed by atoms with E-state index in [0.717, 1.165) is 10.2 Å². The van der Waals surface area contributed by atoms with Gasteiger partial charge in [-0.3, -0.25) is 0 Å². The molecule has 90 valence electrons. The fourth-order valence-corrected chi connectivity index (χ4v) is 1.85. The number of halogens is 1. The van der Waals surface area contributed by atoms with Gasteiger partial charge in [-0.2, -0.15) is 0 Å². The molecule has 2 nitrogen and oxygen atoms in total. The largest absolute Gasteiger partial charge is 0.489 e. The van der Waals surface area contributed by atoms with Crippen molar-refractivity contribution in [3.05, 3.63) is 27.7 Å². The molecular weight excluding hydrogens is 266 g/mol. The summed E-state index contributed by atoms with van der Waals surface area (Å²) in [6.45, 7) is 8.91. The molecule has 0 bridgehead atoms. The van der Waals surface area contributed by atoms with Crippen LogP contribution in [0, 0.1) is 6.92 Å². The molecule has 0 saturated heterocycles. The Kier molecular flexibility index (Phi) is 4.81. The smallest absolute Gasteiger partial charge is 0.123 e. The van der Waals surface area contributed by atoms with Crippen molar-refractivity contribution in [1.82, 2.24) is 0 Å². The van der Waals surface area contributed by atoms with Crippen molar-refractivity contribution in [2.45, 2.75) is 39.7 Å². The third-order valence-electron chi connectivity index (χ3n) is 2.57. The molecule has 3 heteroatoms. The minimum absolute atomic E-state index is 0.0538. The summed E-state index contributed by atoms with van der Waals surface area (Å²) in [4.78, 5) is 0. The molecule has 0 fully saturated rings. The number of nitrogens with two attached hydrogens (primary N) is 1. The van der Waals surface area contributed by atoms with Crippen LogP contribution in [0.25, 0.3) is 0 Å². The fourth-order valence-electron chi connectivity index (χ4n) is 1.49. The first kappa shape index (κ1) is 13.5. The Labute approximate surface area is 106 Å². The molecule has 0 heterocycles. The molecule has 1 unspecified atom stereocenters. The van der Waals surface area contributed by atoms with E-state index >= 15 is 0 Å². The Morgan fingerprint density at radius 2 is 1.94 bits per heavy atom. The average Bonchev–Trinajstić information content (AvgIpc) is 2.22. The molecule has 0 spiro atoms. The number of benzene rings is 1. The summed E-state index contributed by atoms with van der Waals surface area (Å²) < 4.78 is 6.97. The predicted octanol–water partition coefficient (Wildman–Crippen LogP) is 3.61. The van der Waals surface area contributed by atoms with Crippen LogP contribution in [-0.2, 0) is 0 Å². The molecule has 1 atom stereocenters. The lowest BCUT2D eigenvalue weighted by Gasteiger charge is -2.19. The summed E-state index contributed by atoms with van der Waals surface area (Å²) in [6, 6.07) is 4.21. The number of ether oxygens (including phenoxy) is 1. The first-order valence-electron chi connectivity index (χ1n) is 5.62. The lowest BCUT2D eigenvalue weighted by Crippen LogP contribution is -2.23. The highest BCUT2D eigenvalue weighted by Gasteiger charge is 2.12. The van der Waals surface area contributed by atoms with Crippen molar-refractivity contribution in [3.8, 4) is 5.75 Å². The van der Waals surface area contributed by atoms with Gasteiger partial charge in [0.05, 0.1) is 0 Å². The summed E-state index contributed by atoms with van der Waals surface area (Å²) in [6.07, 6.45) is 0.0538. The lowest BCUT2D eigenvalue weighted by atomic mass is 10.0. The Balaban J connectivity index is 3.09. The number of aryl methyl sites for hydroxylation is 1. The van der Waals surface area contributed by atoms with Gasteiger partial charge in [0.15, 0.2) is 0 Å². The van der Waals surface area contributed by atoms with Gasteiger partial charge in [0.25, 0.3) is 0 Å². The van der Waals surface area contributed by atoms with Crippen LogP contribution in [0.5, 0.6) is 5.75 Å². The van der Waals surface area contributed by atoms with Gasteiger partial charge in [-0.05, 0) is 43.0 Å². The molecule has 0 amide bonds. The normalized spacial score (nSPS) is 12.9. The highest BCUT2D eigenvalue weighted by Crippen LogP contribution is 2.32. The second-order valence-electron chi connectivity index (χ2n) is 4.46. The van der Waals surface area contributed by atoms with Gasteiger partial charge in [-0.25, -0.2) is 0 Å². The first-order chi connectivity index (χ1) is 7.45. The standard InChI is InChI=1S/C13H20BrNO/c1-8(2)11-6-12(14)9(3)5-13(11)16-10(4)7-15/h5-6,8,10H,7,15H2,1-4H3. The van der Waals surface area contributed by atoms with Gasteiger partial charge >= 0.3 is 0 Å². The molecule has 0 aromatic heterocycles. The van der Waals surface area contributed by atoms with Gasteiger partial charge in [0.2, 0.25) is 0 Å². The van der Waals surface area contributed by atoms with E-state index in [9.17, 15) is 0 Å². The fraction of sp³-hybridized carbons (Fsp3) is 0.538. The molecule has 0 aliphatic heterocycles. The molecule has 1 rings (SSSR count). The Morgan fingerprint density at radius 3 is 2.44 bits per heavy atom. The van der Waals surface area contributed by atoms with E-state index in [1.807, 2.05) is 6.92 Å². The molecule has 16 heavy (non-hydrogen) atoms. The van der Waals surface area contributed by atoms with Gasteiger partial charge in [0, 0.05) is 11.0 Å². The highest BCUT2D eigenvalue weighted by molar-refractivity contribution is 9.10. The van der Waals surface area contributed by atoms with E-state index in [4.69, 9.17) is 10.5 Å². The van der Waals surface area contributed by atoms with Crippen LogP contribution in [0.2, 0.25) is 0 Å². The van der Waals surface area contributed by atoms with Crippen LogP contribution in [0.4, 0.5) is 0 Å². The van der Waals surface area contributed by atoms with Crippen LogP contribution in [0.3, 0.4) is 0 Å². The summed E-state index contributed by atoms with van der Waals surface area (Å²) in [5.41, 5.74) is 7.98. The van der Waals surface area contributed by atoms with Crippen molar-refractivity contribution in [1.29, 1.82) is 0 Å². The summed E-state index contributed by atoms with van der Waals surface area (Å²) in [7, 11) is 0. The van der Waals surface area contributed by atoms with E-state index < -0.39 is 0 Å². The molecule has 2 N–H and O–H groups in total. The van der Waals surface area contributed by atoms with Crippen LogP contribution in [0.15, 0.2) is 16.6 Å². The maximum atomic E-state index is 5.85. The van der Waals surface area contributed by atoms with Crippen molar-refractivity contribution < 1.29 is 4.74 Å². The molecular formula is C13H20BrNO. The highest BCUT2D eigenvalue weighted by atomic mass is 79.9. The second kappa shape index (κ2) is 5.69. The quantitative estimate of drug-likeness (QED) is 0.917. The Hall–Kier alpha value is -0.540. The third-order valence-corrected chi connectivity index (χ3v) is 3.43. The molecule has 0 radical (unpaired) electrons. The van der Waals surface area contributed by atoms with Gasteiger partial charge in [0.1, 0.15) is 11.9 Å². The average molecular weight is 286 g/mol. The van der Waals surface area contributed by atoms with Gasteiger partial charge in [-0.15, -0.1) is 0 Å². The van der Waals surface area contributed by atoms with Gasteiger partial charge < -0.3 is 10.5 Å². The maximum Gasteiger partial charge on any atom is 0.123 e. The third kappa shape index (κ3) is 3.22. The Morgan fingerprint density at radius 1 is 1.31 bits per heavy atom. The molecule has 0 aliphatic carbocycles. The van der Waals surface area contributed by atoms with Crippen molar-refractivity contribution in [3.63, 3.8) is 0 Å². The van der Waals surface area contributed by atoms with Gasteiger partial charge in [-0.1, -0.05) is 29.8 Å². The van der Waals surface area contributed by atoms with Crippen molar-refractivity contribution in [2.24, 2.45) is 5.73 Å². The van der Waals surface area contributed by atoms with E-state index in [2.05, 4.69) is 48.8 Å². The molecule has 1 aromatic rings. The van der Waals surface area contributed by atoms with E-state index in [1.165, 1.54) is 11.1 Å². The molecule has 0 aliphatic rings. The number of rotatable bonds is 4. The number of hydrogen-bond donors (Lipinski definition) is 1. The lowest BCUT2D eigenvalue weighted by molar-refractivity contribution is 0.227. The number of hydrogen-bond acceptors (Lipinski definition) is 2. The minimum atomic E-state index is 0.0538. The van der Waals surface area contributed by atoms with Crippen molar-refractivity contribution in [2.75, 3.05) is 6.54 Å². The summed E-state index contributed by atoms with van der Waals surface area (Å²) >= 11 is 3.55.